The molecule has 1 aromatic rings. The van der Waals surface area contributed by atoms with Gasteiger partial charge in [0.1, 0.15) is 0 Å². The van der Waals surface area contributed by atoms with Gasteiger partial charge in [-0.1, -0.05) is 13.3 Å². The van der Waals surface area contributed by atoms with E-state index in [1.54, 1.807) is 13.3 Å². The van der Waals surface area contributed by atoms with Gasteiger partial charge in [-0.25, -0.2) is 0 Å². The molecule has 0 aliphatic carbocycles. The van der Waals surface area contributed by atoms with Crippen LogP contribution in [0.5, 0.6) is 0 Å². The van der Waals surface area contributed by atoms with Crippen LogP contribution in [0.2, 0.25) is 0 Å². The molecular weight excluding hydrogens is 282 g/mol. The van der Waals surface area contributed by atoms with Gasteiger partial charge in [0.15, 0.2) is 0 Å². The van der Waals surface area contributed by atoms with Gasteiger partial charge in [0, 0.05) is 13.2 Å². The van der Waals surface area contributed by atoms with Crippen LogP contribution >= 0.6 is 15.9 Å². The summed E-state index contributed by atoms with van der Waals surface area (Å²) in [7, 11) is 1.71. The second kappa shape index (κ2) is 6.52. The number of rotatable bonds is 6. The van der Waals surface area contributed by atoms with Crippen molar-refractivity contribution in [1.29, 1.82) is 0 Å². The molecule has 2 N–H and O–H groups in total. The average Bonchev–Trinajstić information content (AvgIpc) is 2.67. The van der Waals surface area contributed by atoms with Crippen molar-refractivity contribution in [3.8, 4) is 0 Å². The standard InChI is InChI=1S/C12H22BrN3O/c1-5-6-10(17-4)11(14)12-9(13)7-15-16(12)8(2)3/h7-8,10-11H,5-6,14H2,1-4H3. The molecule has 0 aromatic carbocycles. The summed E-state index contributed by atoms with van der Waals surface area (Å²) in [6, 6.07) is 0.140. The summed E-state index contributed by atoms with van der Waals surface area (Å²) in [4.78, 5) is 0. The van der Waals surface area contributed by atoms with Crippen LogP contribution in [0, 0.1) is 0 Å². The first-order valence-corrected chi connectivity index (χ1v) is 6.83. The molecule has 1 heterocycles. The molecule has 98 valence electrons. The number of nitrogens with two attached hydrogens (primary N) is 1. The number of hydrogen-bond acceptors (Lipinski definition) is 3. The summed E-state index contributed by atoms with van der Waals surface area (Å²) in [5.41, 5.74) is 7.32. The molecule has 0 aliphatic heterocycles. The largest absolute Gasteiger partial charge is 0.379 e. The van der Waals surface area contributed by atoms with Gasteiger partial charge in [0.25, 0.3) is 0 Å². The molecule has 0 spiro atoms. The molecule has 0 fully saturated rings. The van der Waals surface area contributed by atoms with Crippen LogP contribution in [0.3, 0.4) is 0 Å². The predicted octanol–water partition coefficient (Wildman–Crippen LogP) is 3.04. The lowest BCUT2D eigenvalue weighted by molar-refractivity contribution is 0.0694. The molecule has 2 unspecified atom stereocenters. The molecule has 2 atom stereocenters. The smallest absolute Gasteiger partial charge is 0.0779 e. The quantitative estimate of drug-likeness (QED) is 0.879. The molecule has 17 heavy (non-hydrogen) atoms. The number of nitrogens with zero attached hydrogens (tertiary/aromatic N) is 2. The molecule has 0 aliphatic rings. The summed E-state index contributed by atoms with van der Waals surface area (Å²) in [5, 5.41) is 4.35. The minimum Gasteiger partial charge on any atom is -0.379 e. The minimum absolute atomic E-state index is 0.0329. The van der Waals surface area contributed by atoms with Crippen molar-refractivity contribution < 1.29 is 4.74 Å². The Bertz CT molecular complexity index is 352. The first-order chi connectivity index (χ1) is 8.02. The van der Waals surface area contributed by atoms with Crippen LogP contribution in [-0.2, 0) is 4.74 Å². The fraction of sp³-hybridized carbons (Fsp3) is 0.750. The van der Waals surface area contributed by atoms with Crippen molar-refractivity contribution in [2.45, 2.75) is 51.8 Å². The van der Waals surface area contributed by atoms with Crippen molar-refractivity contribution in [3.05, 3.63) is 16.4 Å². The zero-order valence-electron chi connectivity index (χ0n) is 11.0. The van der Waals surface area contributed by atoms with Crippen molar-refractivity contribution in [1.82, 2.24) is 9.78 Å². The second-order valence-corrected chi connectivity index (χ2v) is 5.36. The summed E-state index contributed by atoms with van der Waals surface area (Å²) in [6.45, 7) is 6.32. The molecule has 0 radical (unpaired) electrons. The van der Waals surface area contributed by atoms with E-state index in [0.717, 1.165) is 23.0 Å². The van der Waals surface area contributed by atoms with Crippen LogP contribution in [-0.4, -0.2) is 23.0 Å². The van der Waals surface area contributed by atoms with Crippen LogP contribution in [0.15, 0.2) is 10.7 Å². The first-order valence-electron chi connectivity index (χ1n) is 6.04. The summed E-state index contributed by atoms with van der Waals surface area (Å²) >= 11 is 3.52. The van der Waals surface area contributed by atoms with E-state index in [1.165, 1.54) is 0 Å². The van der Waals surface area contributed by atoms with E-state index in [9.17, 15) is 0 Å². The number of hydrogen-bond donors (Lipinski definition) is 1. The molecule has 0 amide bonds. The Morgan fingerprint density at radius 2 is 2.18 bits per heavy atom. The van der Waals surface area contributed by atoms with E-state index < -0.39 is 0 Å². The van der Waals surface area contributed by atoms with E-state index in [0.29, 0.717) is 6.04 Å². The Labute approximate surface area is 112 Å². The lowest BCUT2D eigenvalue weighted by atomic mass is 10.0. The first kappa shape index (κ1) is 14.7. The Hall–Kier alpha value is -0.390. The van der Waals surface area contributed by atoms with E-state index in [4.69, 9.17) is 10.5 Å². The van der Waals surface area contributed by atoms with Crippen LogP contribution < -0.4 is 5.73 Å². The van der Waals surface area contributed by atoms with Gasteiger partial charge >= 0.3 is 0 Å². The monoisotopic (exact) mass is 303 g/mol. The molecule has 0 saturated carbocycles. The van der Waals surface area contributed by atoms with E-state index in [-0.39, 0.29) is 12.1 Å². The van der Waals surface area contributed by atoms with Crippen LogP contribution in [0.25, 0.3) is 0 Å². The number of halogens is 1. The predicted molar refractivity (Wildman–Crippen MR) is 72.9 cm³/mol. The van der Waals surface area contributed by atoms with Gasteiger partial charge < -0.3 is 10.5 Å². The second-order valence-electron chi connectivity index (χ2n) is 4.50. The third-order valence-electron chi connectivity index (χ3n) is 2.87. The lowest BCUT2D eigenvalue weighted by Gasteiger charge is -2.24. The normalized spacial score (nSPS) is 15.2. The van der Waals surface area contributed by atoms with Crippen molar-refractivity contribution in [3.63, 3.8) is 0 Å². The van der Waals surface area contributed by atoms with Gasteiger partial charge in [-0.05, 0) is 36.2 Å². The summed E-state index contributed by atoms with van der Waals surface area (Å²) in [6.07, 6.45) is 3.84. The molecule has 1 aromatic heterocycles. The van der Waals surface area contributed by atoms with E-state index >= 15 is 0 Å². The highest BCUT2D eigenvalue weighted by atomic mass is 79.9. The fourth-order valence-electron chi connectivity index (χ4n) is 1.98. The fourth-order valence-corrected chi connectivity index (χ4v) is 2.52. The van der Waals surface area contributed by atoms with Crippen molar-refractivity contribution >= 4 is 15.9 Å². The minimum atomic E-state index is -0.153. The molecular formula is C12H22BrN3O. The number of aromatic nitrogens is 2. The number of methoxy groups -OCH3 is 1. The van der Waals surface area contributed by atoms with E-state index in [1.807, 2.05) is 4.68 Å². The average molecular weight is 304 g/mol. The van der Waals surface area contributed by atoms with E-state index in [2.05, 4.69) is 41.8 Å². The van der Waals surface area contributed by atoms with Gasteiger partial charge in [-0.2, -0.15) is 5.10 Å². The topological polar surface area (TPSA) is 53.1 Å². The maximum absolute atomic E-state index is 6.30. The Balaban J connectivity index is 3.00. The maximum atomic E-state index is 6.30. The van der Waals surface area contributed by atoms with Gasteiger partial charge in [0.2, 0.25) is 0 Å². The van der Waals surface area contributed by atoms with Gasteiger partial charge in [-0.3, -0.25) is 4.68 Å². The number of ether oxygens (including phenoxy) is 1. The maximum Gasteiger partial charge on any atom is 0.0779 e. The third kappa shape index (κ3) is 3.30. The Kier molecular flexibility index (Phi) is 5.62. The highest BCUT2D eigenvalue weighted by Crippen LogP contribution is 2.28. The molecule has 5 heteroatoms. The van der Waals surface area contributed by atoms with Gasteiger partial charge in [0.05, 0.1) is 28.5 Å². The van der Waals surface area contributed by atoms with Crippen LogP contribution in [0.4, 0.5) is 0 Å². The van der Waals surface area contributed by atoms with Crippen molar-refractivity contribution in [2.24, 2.45) is 5.73 Å². The summed E-state index contributed by atoms with van der Waals surface area (Å²) < 4.78 is 8.39. The molecule has 0 saturated heterocycles. The van der Waals surface area contributed by atoms with Crippen LogP contribution in [0.1, 0.15) is 51.4 Å². The van der Waals surface area contributed by atoms with Crippen molar-refractivity contribution in [2.75, 3.05) is 7.11 Å². The highest BCUT2D eigenvalue weighted by molar-refractivity contribution is 9.10. The Morgan fingerprint density at radius 1 is 1.53 bits per heavy atom. The Morgan fingerprint density at radius 3 is 2.65 bits per heavy atom. The lowest BCUT2D eigenvalue weighted by Crippen LogP contribution is -2.31. The zero-order valence-corrected chi connectivity index (χ0v) is 12.6. The summed E-state index contributed by atoms with van der Waals surface area (Å²) in [5.74, 6) is 0. The highest BCUT2D eigenvalue weighted by Gasteiger charge is 2.25. The molecule has 1 rings (SSSR count). The van der Waals surface area contributed by atoms with Gasteiger partial charge in [-0.15, -0.1) is 0 Å². The zero-order chi connectivity index (χ0) is 13.0. The molecule has 4 nitrogen and oxygen atoms in total. The molecule has 0 bridgehead atoms. The third-order valence-corrected chi connectivity index (χ3v) is 3.48. The SMILES string of the molecule is CCCC(OC)C(N)c1c(Br)cnn1C(C)C.